The van der Waals surface area contributed by atoms with E-state index in [-0.39, 0.29) is 5.56 Å². The molecule has 1 aromatic rings. The lowest BCUT2D eigenvalue weighted by atomic mass is 10.1. The summed E-state index contributed by atoms with van der Waals surface area (Å²) in [5.41, 5.74) is -0.232. The van der Waals surface area contributed by atoms with E-state index in [1.54, 1.807) is 0 Å². The minimum atomic E-state index is -1.78. The van der Waals surface area contributed by atoms with E-state index in [9.17, 15) is 17.6 Å². The maximum atomic E-state index is 13.1. The van der Waals surface area contributed by atoms with Gasteiger partial charge in [-0.05, 0) is 20.0 Å². The lowest BCUT2D eigenvalue weighted by Crippen LogP contribution is -2.16. The average Bonchev–Trinajstić information content (AvgIpc) is 2.19. The van der Waals surface area contributed by atoms with Crippen LogP contribution in [-0.4, -0.2) is 7.05 Å². The van der Waals surface area contributed by atoms with Crippen LogP contribution in [0.5, 0.6) is 0 Å². The molecule has 0 spiro atoms. The Balaban J connectivity index is 3.33. The second-order valence-electron chi connectivity index (χ2n) is 2.90. The molecule has 1 aromatic carbocycles. The highest BCUT2D eigenvalue weighted by atomic mass is 19.2. The van der Waals surface area contributed by atoms with Crippen LogP contribution < -0.4 is 5.32 Å². The van der Waals surface area contributed by atoms with Crippen LogP contribution in [0.1, 0.15) is 18.5 Å². The van der Waals surface area contributed by atoms with E-state index in [2.05, 4.69) is 5.32 Å². The van der Waals surface area contributed by atoms with Gasteiger partial charge in [0.25, 0.3) is 0 Å². The van der Waals surface area contributed by atoms with Crippen LogP contribution >= 0.6 is 0 Å². The first kappa shape index (κ1) is 11.0. The largest absolute Gasteiger partial charge is 0.313 e. The van der Waals surface area contributed by atoms with Crippen molar-refractivity contribution in [2.24, 2.45) is 0 Å². The van der Waals surface area contributed by atoms with Crippen molar-refractivity contribution in [3.63, 3.8) is 0 Å². The first-order valence-electron chi connectivity index (χ1n) is 3.99. The van der Waals surface area contributed by atoms with Gasteiger partial charge >= 0.3 is 0 Å². The molecule has 5 heteroatoms. The minimum absolute atomic E-state index is 0.232. The second kappa shape index (κ2) is 3.96. The highest BCUT2D eigenvalue weighted by molar-refractivity contribution is 5.24. The van der Waals surface area contributed by atoms with Gasteiger partial charge in [0.15, 0.2) is 23.3 Å². The summed E-state index contributed by atoms with van der Waals surface area (Å²) in [4.78, 5) is 0. The summed E-state index contributed by atoms with van der Waals surface area (Å²) in [6.07, 6.45) is 0. The third-order valence-electron chi connectivity index (χ3n) is 2.03. The van der Waals surface area contributed by atoms with Crippen LogP contribution in [0.3, 0.4) is 0 Å². The van der Waals surface area contributed by atoms with Gasteiger partial charge in [-0.3, -0.25) is 0 Å². The minimum Gasteiger partial charge on any atom is -0.313 e. The summed E-state index contributed by atoms with van der Waals surface area (Å²) >= 11 is 0. The Hall–Kier alpha value is -1.10. The number of hydrogen-bond donors (Lipinski definition) is 1. The first-order valence-corrected chi connectivity index (χ1v) is 3.99. The van der Waals surface area contributed by atoms with Crippen molar-refractivity contribution in [3.8, 4) is 0 Å². The normalized spacial score (nSPS) is 13.0. The lowest BCUT2D eigenvalue weighted by molar-refractivity contribution is 0.397. The quantitative estimate of drug-likeness (QED) is 0.446. The van der Waals surface area contributed by atoms with E-state index in [1.165, 1.54) is 14.0 Å². The van der Waals surface area contributed by atoms with Crippen LogP contribution in [0, 0.1) is 23.3 Å². The van der Waals surface area contributed by atoms with Gasteiger partial charge in [0.1, 0.15) is 0 Å². The standard InChI is InChI=1S/C9H9F4N/c1-4(14-2)5-3-6(10)8(12)9(13)7(5)11/h3-4,14H,1-2H3/t4-/m0/s1. The third kappa shape index (κ3) is 1.72. The monoisotopic (exact) mass is 207 g/mol. The molecule has 0 amide bonds. The molecule has 78 valence electrons. The van der Waals surface area contributed by atoms with Gasteiger partial charge in [0.05, 0.1) is 0 Å². The molecule has 0 bridgehead atoms. The molecule has 0 aromatic heterocycles. The predicted molar refractivity (Wildman–Crippen MR) is 43.7 cm³/mol. The van der Waals surface area contributed by atoms with E-state index < -0.39 is 29.3 Å². The lowest BCUT2D eigenvalue weighted by Gasteiger charge is -2.12. The molecule has 0 aliphatic carbocycles. The molecule has 1 N–H and O–H groups in total. The Bertz CT molecular complexity index is 351. The fraction of sp³-hybridized carbons (Fsp3) is 0.333. The zero-order chi connectivity index (χ0) is 10.9. The van der Waals surface area contributed by atoms with Crippen molar-refractivity contribution in [2.45, 2.75) is 13.0 Å². The van der Waals surface area contributed by atoms with Crippen LogP contribution in [-0.2, 0) is 0 Å². The van der Waals surface area contributed by atoms with E-state index >= 15 is 0 Å². The smallest absolute Gasteiger partial charge is 0.197 e. The molecule has 0 unspecified atom stereocenters. The first-order chi connectivity index (χ1) is 6.49. The molecule has 1 nitrogen and oxygen atoms in total. The van der Waals surface area contributed by atoms with Crippen molar-refractivity contribution in [3.05, 3.63) is 34.9 Å². The van der Waals surface area contributed by atoms with E-state index in [1.807, 2.05) is 0 Å². The highest BCUT2D eigenvalue weighted by Gasteiger charge is 2.21. The highest BCUT2D eigenvalue weighted by Crippen LogP contribution is 2.23. The van der Waals surface area contributed by atoms with Gasteiger partial charge in [0, 0.05) is 11.6 Å². The third-order valence-corrected chi connectivity index (χ3v) is 2.03. The predicted octanol–water partition coefficient (Wildman–Crippen LogP) is 2.52. The van der Waals surface area contributed by atoms with Crippen molar-refractivity contribution < 1.29 is 17.6 Å². The van der Waals surface area contributed by atoms with Crippen molar-refractivity contribution in [1.82, 2.24) is 5.32 Å². The van der Waals surface area contributed by atoms with Gasteiger partial charge in [-0.15, -0.1) is 0 Å². The van der Waals surface area contributed by atoms with Crippen molar-refractivity contribution >= 4 is 0 Å². The van der Waals surface area contributed by atoms with Crippen LogP contribution in [0.15, 0.2) is 6.07 Å². The molecule has 0 saturated heterocycles. The van der Waals surface area contributed by atoms with Crippen LogP contribution in [0.25, 0.3) is 0 Å². The summed E-state index contributed by atoms with van der Waals surface area (Å²) in [6.45, 7) is 1.51. The number of hydrogen-bond acceptors (Lipinski definition) is 1. The zero-order valence-corrected chi connectivity index (χ0v) is 7.67. The number of benzene rings is 1. The molecule has 14 heavy (non-hydrogen) atoms. The van der Waals surface area contributed by atoms with Crippen molar-refractivity contribution in [2.75, 3.05) is 7.05 Å². The molecule has 0 fully saturated rings. The molecule has 0 radical (unpaired) electrons. The number of rotatable bonds is 2. The van der Waals surface area contributed by atoms with E-state index in [4.69, 9.17) is 0 Å². The Labute approximate surface area is 78.7 Å². The molecular weight excluding hydrogens is 198 g/mol. The maximum absolute atomic E-state index is 13.1. The zero-order valence-electron chi connectivity index (χ0n) is 7.67. The van der Waals surface area contributed by atoms with E-state index in [0.29, 0.717) is 6.07 Å². The fourth-order valence-corrected chi connectivity index (χ4v) is 1.06. The molecule has 0 aliphatic rings. The number of halogens is 4. The molecule has 0 saturated carbocycles. The average molecular weight is 207 g/mol. The van der Waals surface area contributed by atoms with Crippen LogP contribution in [0.4, 0.5) is 17.6 Å². The molecular formula is C9H9F4N. The van der Waals surface area contributed by atoms with Crippen LogP contribution in [0.2, 0.25) is 0 Å². The molecule has 0 aliphatic heterocycles. The Morgan fingerprint density at radius 1 is 1.07 bits per heavy atom. The summed E-state index contributed by atoms with van der Waals surface area (Å²) < 4.78 is 51.0. The van der Waals surface area contributed by atoms with Gasteiger partial charge in [-0.1, -0.05) is 0 Å². The SMILES string of the molecule is CN[C@@H](C)c1cc(F)c(F)c(F)c1F. The van der Waals surface area contributed by atoms with Gasteiger partial charge in [-0.25, -0.2) is 17.6 Å². The van der Waals surface area contributed by atoms with Gasteiger partial charge in [0.2, 0.25) is 0 Å². The summed E-state index contributed by atoms with van der Waals surface area (Å²) in [6, 6.07) is 0.0640. The number of nitrogens with one attached hydrogen (secondary N) is 1. The Morgan fingerprint density at radius 3 is 2.14 bits per heavy atom. The summed E-state index contributed by atoms with van der Waals surface area (Å²) in [5, 5.41) is 2.60. The molecule has 1 rings (SSSR count). The molecule has 0 heterocycles. The van der Waals surface area contributed by atoms with E-state index in [0.717, 1.165) is 0 Å². The topological polar surface area (TPSA) is 12.0 Å². The summed E-state index contributed by atoms with van der Waals surface area (Å²) in [7, 11) is 1.50. The Morgan fingerprint density at radius 2 is 1.64 bits per heavy atom. The van der Waals surface area contributed by atoms with Crippen molar-refractivity contribution in [1.29, 1.82) is 0 Å². The Kier molecular flexibility index (Phi) is 3.10. The second-order valence-corrected chi connectivity index (χ2v) is 2.90. The fourth-order valence-electron chi connectivity index (χ4n) is 1.06. The van der Waals surface area contributed by atoms with Gasteiger partial charge < -0.3 is 5.32 Å². The summed E-state index contributed by atoms with van der Waals surface area (Å²) in [5.74, 6) is -6.30. The maximum Gasteiger partial charge on any atom is 0.197 e. The molecule has 1 atom stereocenters. The van der Waals surface area contributed by atoms with Gasteiger partial charge in [-0.2, -0.15) is 0 Å².